The molecule has 0 bridgehead atoms. The molecule has 1 aliphatic heterocycles. The van der Waals surface area contributed by atoms with Crippen molar-refractivity contribution >= 4 is 46.6 Å². The molecule has 0 fully saturated rings. The summed E-state index contributed by atoms with van der Waals surface area (Å²) in [5, 5.41) is 8.93. The number of amides is 3. The lowest BCUT2D eigenvalue weighted by Gasteiger charge is -2.21. The Bertz CT molecular complexity index is 976. The van der Waals surface area contributed by atoms with Crippen LogP contribution in [0.3, 0.4) is 0 Å². The van der Waals surface area contributed by atoms with E-state index in [-0.39, 0.29) is 5.91 Å². The molecule has 1 aliphatic rings. The minimum Gasteiger partial charge on any atom is -0.370 e. The number of aryl methyl sites for hydroxylation is 1. The standard InChI is InChI=1S/C22H27ClN6O2/c1-3-4-18(28-22(31)27-16-7-5-15(23)6-8-16)20(30)26-17-9-10-19(14(2)13-17)29-12-11-25-21(29)24/h5-10,13,18H,3-4,11-12H2,1-2H3,(H2,24,25)(H,26,30)(H2,27,28,31). The summed E-state index contributed by atoms with van der Waals surface area (Å²) in [7, 11) is 0. The van der Waals surface area contributed by atoms with Gasteiger partial charge in [-0.25, -0.2) is 4.79 Å². The highest BCUT2D eigenvalue weighted by molar-refractivity contribution is 6.30. The molecule has 9 heteroatoms. The van der Waals surface area contributed by atoms with Crippen molar-refractivity contribution in [3.63, 3.8) is 0 Å². The molecule has 0 aromatic heterocycles. The molecule has 3 amide bonds. The first-order valence-electron chi connectivity index (χ1n) is 10.2. The highest BCUT2D eigenvalue weighted by atomic mass is 35.5. The molecule has 31 heavy (non-hydrogen) atoms. The van der Waals surface area contributed by atoms with Crippen LogP contribution in [-0.4, -0.2) is 37.0 Å². The van der Waals surface area contributed by atoms with Crippen molar-refractivity contribution in [1.82, 2.24) is 5.32 Å². The van der Waals surface area contributed by atoms with Gasteiger partial charge in [0.05, 0.1) is 6.54 Å². The number of hydrogen-bond donors (Lipinski definition) is 4. The SMILES string of the molecule is CCCC(NC(=O)Nc1ccc(Cl)cc1)C(=O)Nc1ccc(N2CCN=C2N)c(C)c1. The maximum Gasteiger partial charge on any atom is 0.319 e. The van der Waals surface area contributed by atoms with Crippen molar-refractivity contribution in [1.29, 1.82) is 0 Å². The fourth-order valence-corrected chi connectivity index (χ4v) is 3.52. The van der Waals surface area contributed by atoms with E-state index < -0.39 is 12.1 Å². The van der Waals surface area contributed by atoms with Gasteiger partial charge in [0, 0.05) is 28.6 Å². The number of guanidine groups is 1. The van der Waals surface area contributed by atoms with E-state index in [9.17, 15) is 9.59 Å². The van der Waals surface area contributed by atoms with Crippen molar-refractivity contribution in [2.24, 2.45) is 10.7 Å². The van der Waals surface area contributed by atoms with Crippen molar-refractivity contribution in [3.05, 3.63) is 53.1 Å². The summed E-state index contributed by atoms with van der Waals surface area (Å²) >= 11 is 5.86. The van der Waals surface area contributed by atoms with Gasteiger partial charge in [-0.2, -0.15) is 0 Å². The van der Waals surface area contributed by atoms with Crippen LogP contribution >= 0.6 is 11.6 Å². The molecule has 8 nitrogen and oxygen atoms in total. The lowest BCUT2D eigenvalue weighted by atomic mass is 10.1. The zero-order chi connectivity index (χ0) is 22.4. The second-order valence-corrected chi connectivity index (χ2v) is 7.77. The average molecular weight is 443 g/mol. The molecule has 1 unspecified atom stereocenters. The molecule has 1 heterocycles. The first-order valence-corrected chi connectivity index (χ1v) is 10.6. The zero-order valence-electron chi connectivity index (χ0n) is 17.6. The quantitative estimate of drug-likeness (QED) is 0.523. The van der Waals surface area contributed by atoms with Crippen LogP contribution in [0.5, 0.6) is 0 Å². The maximum atomic E-state index is 12.8. The summed E-state index contributed by atoms with van der Waals surface area (Å²) < 4.78 is 0. The molecule has 0 saturated carbocycles. The van der Waals surface area contributed by atoms with Crippen LogP contribution in [0, 0.1) is 6.92 Å². The molecule has 5 N–H and O–H groups in total. The predicted molar refractivity (Wildman–Crippen MR) is 126 cm³/mol. The molecule has 2 aromatic carbocycles. The summed E-state index contributed by atoms with van der Waals surface area (Å²) in [4.78, 5) is 31.3. The van der Waals surface area contributed by atoms with Crippen LogP contribution in [0.1, 0.15) is 25.3 Å². The van der Waals surface area contributed by atoms with E-state index in [1.807, 2.05) is 36.9 Å². The number of anilines is 3. The molecule has 0 radical (unpaired) electrons. The Morgan fingerprint density at radius 1 is 1.16 bits per heavy atom. The first kappa shape index (κ1) is 22.4. The average Bonchev–Trinajstić information content (AvgIpc) is 3.15. The summed E-state index contributed by atoms with van der Waals surface area (Å²) in [6, 6.07) is 11.2. The van der Waals surface area contributed by atoms with Gasteiger partial charge in [0.15, 0.2) is 5.96 Å². The van der Waals surface area contributed by atoms with E-state index in [1.165, 1.54) is 0 Å². The predicted octanol–water partition coefficient (Wildman–Crippen LogP) is 3.71. The number of urea groups is 1. The van der Waals surface area contributed by atoms with Crippen LogP contribution in [0.15, 0.2) is 47.5 Å². The van der Waals surface area contributed by atoms with Gasteiger partial charge in [-0.05, 0) is 61.4 Å². The van der Waals surface area contributed by atoms with Gasteiger partial charge in [0.2, 0.25) is 5.91 Å². The normalized spacial score (nSPS) is 14.0. The van der Waals surface area contributed by atoms with Crippen molar-refractivity contribution < 1.29 is 9.59 Å². The highest BCUT2D eigenvalue weighted by Gasteiger charge is 2.21. The molecule has 0 aliphatic carbocycles. The van der Waals surface area contributed by atoms with Gasteiger partial charge < -0.3 is 26.6 Å². The fraction of sp³-hybridized carbons (Fsp3) is 0.318. The third kappa shape index (κ3) is 5.88. The zero-order valence-corrected chi connectivity index (χ0v) is 18.4. The number of nitrogens with zero attached hydrogens (tertiary/aromatic N) is 2. The van der Waals surface area contributed by atoms with Crippen molar-refractivity contribution in [2.45, 2.75) is 32.7 Å². The van der Waals surface area contributed by atoms with E-state index in [0.29, 0.717) is 35.3 Å². The lowest BCUT2D eigenvalue weighted by molar-refractivity contribution is -0.118. The van der Waals surface area contributed by atoms with Crippen LogP contribution < -0.4 is 26.6 Å². The Labute approximate surface area is 186 Å². The molecule has 0 saturated heterocycles. The summed E-state index contributed by atoms with van der Waals surface area (Å²) in [5.74, 6) is 0.223. The molecule has 2 aromatic rings. The number of halogens is 1. The minimum atomic E-state index is -0.668. The van der Waals surface area contributed by atoms with Crippen molar-refractivity contribution in [3.8, 4) is 0 Å². The van der Waals surface area contributed by atoms with Gasteiger partial charge in [-0.1, -0.05) is 24.9 Å². The smallest absolute Gasteiger partial charge is 0.319 e. The van der Waals surface area contributed by atoms with Gasteiger partial charge >= 0.3 is 6.03 Å². The van der Waals surface area contributed by atoms with E-state index in [4.69, 9.17) is 17.3 Å². The second kappa shape index (κ2) is 10.2. The molecule has 1 atom stereocenters. The van der Waals surface area contributed by atoms with Crippen LogP contribution in [0.2, 0.25) is 5.02 Å². The maximum absolute atomic E-state index is 12.8. The number of nitrogens with two attached hydrogens (primary N) is 1. The van der Waals surface area contributed by atoms with Crippen molar-refractivity contribution in [2.75, 3.05) is 28.6 Å². The van der Waals surface area contributed by atoms with Crippen LogP contribution in [-0.2, 0) is 4.79 Å². The van der Waals surface area contributed by atoms with Gasteiger partial charge in [-0.15, -0.1) is 0 Å². The minimum absolute atomic E-state index is 0.275. The topological polar surface area (TPSA) is 112 Å². The number of aliphatic imine (C=N–C) groups is 1. The van der Waals surface area contributed by atoms with Crippen LogP contribution in [0.4, 0.5) is 21.9 Å². The number of carbonyl (C=O) groups excluding carboxylic acids is 2. The number of benzene rings is 2. The lowest BCUT2D eigenvalue weighted by Crippen LogP contribution is -2.45. The molecular formula is C22H27ClN6O2. The summed E-state index contributed by atoms with van der Waals surface area (Å²) in [6.07, 6.45) is 1.25. The van der Waals surface area contributed by atoms with E-state index in [2.05, 4.69) is 20.9 Å². The molecule has 0 spiro atoms. The summed E-state index contributed by atoms with van der Waals surface area (Å²) in [5.41, 5.74) is 9.11. The Morgan fingerprint density at radius 2 is 1.87 bits per heavy atom. The number of carbonyl (C=O) groups is 2. The Morgan fingerprint density at radius 3 is 2.48 bits per heavy atom. The third-order valence-corrected chi connectivity index (χ3v) is 5.18. The largest absolute Gasteiger partial charge is 0.370 e. The number of rotatable bonds is 7. The van der Waals surface area contributed by atoms with Gasteiger partial charge in [-0.3, -0.25) is 9.79 Å². The molecular weight excluding hydrogens is 416 g/mol. The second-order valence-electron chi connectivity index (χ2n) is 7.33. The number of nitrogens with one attached hydrogen (secondary N) is 3. The molecule has 3 rings (SSSR count). The van der Waals surface area contributed by atoms with E-state index >= 15 is 0 Å². The van der Waals surface area contributed by atoms with Gasteiger partial charge in [0.1, 0.15) is 6.04 Å². The fourth-order valence-electron chi connectivity index (χ4n) is 3.39. The monoisotopic (exact) mass is 442 g/mol. The third-order valence-electron chi connectivity index (χ3n) is 4.93. The highest BCUT2D eigenvalue weighted by Crippen LogP contribution is 2.25. The molecule has 164 valence electrons. The Kier molecular flexibility index (Phi) is 7.36. The Hall–Kier alpha value is -3.26. The number of hydrogen-bond acceptors (Lipinski definition) is 5. The first-order chi connectivity index (χ1) is 14.9. The van der Waals surface area contributed by atoms with E-state index in [0.717, 1.165) is 24.2 Å². The van der Waals surface area contributed by atoms with Crippen LogP contribution in [0.25, 0.3) is 0 Å². The van der Waals surface area contributed by atoms with Gasteiger partial charge in [0.25, 0.3) is 0 Å². The van der Waals surface area contributed by atoms with E-state index in [1.54, 1.807) is 24.3 Å². The Balaban J connectivity index is 1.63. The summed E-state index contributed by atoms with van der Waals surface area (Å²) in [6.45, 7) is 5.33.